The van der Waals surface area contributed by atoms with E-state index in [1.54, 1.807) is 32.9 Å². The third kappa shape index (κ3) is 3.25. The van der Waals surface area contributed by atoms with Gasteiger partial charge in [-0.3, -0.25) is 14.9 Å². The van der Waals surface area contributed by atoms with Crippen molar-refractivity contribution < 1.29 is 14.2 Å². The number of hydrogen-bond acceptors (Lipinski definition) is 5. The maximum absolute atomic E-state index is 12.0. The second-order valence-electron chi connectivity index (χ2n) is 4.79. The molecule has 1 heterocycles. The zero-order valence-electron chi connectivity index (χ0n) is 12.0. The number of aromatic nitrogens is 1. The van der Waals surface area contributed by atoms with Crippen LogP contribution in [0.2, 0.25) is 0 Å². The zero-order chi connectivity index (χ0) is 15.6. The average Bonchev–Trinajstić information content (AvgIpc) is 2.72. The average molecular weight is 289 g/mol. The lowest BCUT2D eigenvalue weighted by Gasteiger charge is -2.06. The van der Waals surface area contributed by atoms with E-state index in [1.165, 1.54) is 6.07 Å². The number of aryl methyl sites for hydroxylation is 3. The Kier molecular flexibility index (Phi) is 4.02. The number of carbonyl (C=O) groups is 1. The van der Waals surface area contributed by atoms with E-state index in [1.807, 2.05) is 0 Å². The molecule has 0 saturated heterocycles. The van der Waals surface area contributed by atoms with E-state index < -0.39 is 4.92 Å². The lowest BCUT2D eigenvalue weighted by Crippen LogP contribution is -2.15. The normalized spacial score (nSPS) is 10.4. The highest BCUT2D eigenvalue weighted by atomic mass is 16.6. The van der Waals surface area contributed by atoms with E-state index in [-0.39, 0.29) is 18.0 Å². The summed E-state index contributed by atoms with van der Waals surface area (Å²) in [6.45, 7) is 5.14. The molecule has 7 heteroatoms. The van der Waals surface area contributed by atoms with Gasteiger partial charge in [-0.15, -0.1) is 0 Å². The number of hydrogen-bond donors (Lipinski definition) is 1. The fourth-order valence-corrected chi connectivity index (χ4v) is 2.00. The van der Waals surface area contributed by atoms with Gasteiger partial charge in [-0.25, -0.2) is 0 Å². The first-order valence-electron chi connectivity index (χ1n) is 6.35. The smallest absolute Gasteiger partial charge is 0.274 e. The number of anilines is 1. The minimum Gasteiger partial charge on any atom is -0.361 e. The molecule has 0 aliphatic rings. The first-order valence-corrected chi connectivity index (χ1v) is 6.35. The van der Waals surface area contributed by atoms with Gasteiger partial charge < -0.3 is 9.84 Å². The minimum absolute atomic E-state index is 0.0230. The second-order valence-corrected chi connectivity index (χ2v) is 4.79. The highest BCUT2D eigenvalue weighted by Crippen LogP contribution is 2.22. The number of nitrogens with one attached hydrogen (secondary N) is 1. The summed E-state index contributed by atoms with van der Waals surface area (Å²) in [4.78, 5) is 22.4. The van der Waals surface area contributed by atoms with Crippen LogP contribution in [0.15, 0.2) is 22.7 Å². The number of nitrogens with zero attached hydrogens (tertiary/aromatic N) is 2. The number of nitro groups is 1. The highest BCUT2D eigenvalue weighted by Gasteiger charge is 2.15. The Bertz CT molecular complexity index is 687. The molecule has 110 valence electrons. The molecule has 0 atom stereocenters. The number of carbonyl (C=O) groups excluding carboxylic acids is 1. The summed E-state index contributed by atoms with van der Waals surface area (Å²) in [5.74, 6) is 0.320. The molecule has 1 amide bonds. The van der Waals surface area contributed by atoms with Gasteiger partial charge in [0, 0.05) is 22.9 Å². The van der Waals surface area contributed by atoms with E-state index in [0.29, 0.717) is 22.7 Å². The summed E-state index contributed by atoms with van der Waals surface area (Å²) in [5.41, 5.74) is 2.31. The zero-order valence-corrected chi connectivity index (χ0v) is 12.0. The lowest BCUT2D eigenvalue weighted by atomic mass is 10.1. The fourth-order valence-electron chi connectivity index (χ4n) is 2.00. The summed E-state index contributed by atoms with van der Waals surface area (Å²) in [6.07, 6.45) is 0.114. The molecule has 1 aromatic carbocycles. The molecule has 2 rings (SSSR count). The minimum atomic E-state index is -0.473. The molecule has 0 bridgehead atoms. The molecular formula is C14H15N3O4. The van der Waals surface area contributed by atoms with Crippen molar-refractivity contribution in [1.82, 2.24) is 5.16 Å². The summed E-state index contributed by atoms with van der Waals surface area (Å²) in [7, 11) is 0. The third-order valence-corrected chi connectivity index (χ3v) is 3.21. The van der Waals surface area contributed by atoms with Crippen molar-refractivity contribution >= 4 is 17.3 Å². The van der Waals surface area contributed by atoms with Crippen LogP contribution in [0.3, 0.4) is 0 Å². The van der Waals surface area contributed by atoms with Crippen molar-refractivity contribution in [3.8, 4) is 0 Å². The molecule has 0 fully saturated rings. The van der Waals surface area contributed by atoms with Gasteiger partial charge in [0.25, 0.3) is 5.69 Å². The van der Waals surface area contributed by atoms with E-state index >= 15 is 0 Å². The quantitative estimate of drug-likeness (QED) is 0.689. The van der Waals surface area contributed by atoms with Gasteiger partial charge in [-0.05, 0) is 26.8 Å². The van der Waals surface area contributed by atoms with Crippen LogP contribution in [0, 0.1) is 30.9 Å². The van der Waals surface area contributed by atoms with Crippen LogP contribution < -0.4 is 5.32 Å². The molecule has 0 saturated carbocycles. The molecule has 0 spiro atoms. The van der Waals surface area contributed by atoms with Crippen molar-refractivity contribution in [3.05, 3.63) is 50.9 Å². The van der Waals surface area contributed by atoms with Crippen molar-refractivity contribution in [3.63, 3.8) is 0 Å². The van der Waals surface area contributed by atoms with Crippen LogP contribution in [0.1, 0.15) is 22.6 Å². The predicted octanol–water partition coefficient (Wildman–Crippen LogP) is 2.69. The Morgan fingerprint density at radius 3 is 2.67 bits per heavy atom. The summed E-state index contributed by atoms with van der Waals surface area (Å²) in [6, 6.07) is 4.58. The number of nitro benzene ring substituents is 1. The van der Waals surface area contributed by atoms with Crippen molar-refractivity contribution in [1.29, 1.82) is 0 Å². The first kappa shape index (κ1) is 14.7. The molecule has 21 heavy (non-hydrogen) atoms. The van der Waals surface area contributed by atoms with E-state index in [0.717, 1.165) is 5.56 Å². The van der Waals surface area contributed by atoms with Gasteiger partial charge in [-0.1, -0.05) is 11.2 Å². The van der Waals surface area contributed by atoms with Crippen molar-refractivity contribution in [2.45, 2.75) is 27.2 Å². The largest absolute Gasteiger partial charge is 0.361 e. The lowest BCUT2D eigenvalue weighted by molar-refractivity contribution is -0.385. The fraction of sp³-hybridized carbons (Fsp3) is 0.286. The highest BCUT2D eigenvalue weighted by molar-refractivity contribution is 5.92. The Hall–Kier alpha value is -2.70. The maximum Gasteiger partial charge on any atom is 0.274 e. The Morgan fingerprint density at radius 1 is 1.38 bits per heavy atom. The first-order chi connectivity index (χ1) is 9.88. The van der Waals surface area contributed by atoms with Crippen molar-refractivity contribution in [2.75, 3.05) is 5.32 Å². The van der Waals surface area contributed by atoms with Gasteiger partial charge in [0.05, 0.1) is 17.0 Å². The summed E-state index contributed by atoms with van der Waals surface area (Å²) in [5, 5.41) is 17.3. The van der Waals surface area contributed by atoms with Gasteiger partial charge in [0.1, 0.15) is 5.76 Å². The Labute approximate surface area is 121 Å². The molecular weight excluding hydrogens is 274 g/mol. The van der Waals surface area contributed by atoms with Crippen LogP contribution in [-0.4, -0.2) is 16.0 Å². The van der Waals surface area contributed by atoms with Gasteiger partial charge in [0.15, 0.2) is 0 Å². The molecule has 0 radical (unpaired) electrons. The van der Waals surface area contributed by atoms with E-state index in [4.69, 9.17) is 4.52 Å². The second kappa shape index (κ2) is 5.74. The van der Waals surface area contributed by atoms with Crippen LogP contribution in [0.5, 0.6) is 0 Å². The standard InChI is InChI=1S/C14H15N3O4/c1-8-4-5-11(6-13(8)17(19)20)15-14(18)7-12-9(2)16-21-10(12)3/h4-6H,7H2,1-3H3,(H,15,18). The van der Waals surface area contributed by atoms with E-state index in [2.05, 4.69) is 10.5 Å². The van der Waals surface area contributed by atoms with Crippen LogP contribution in [-0.2, 0) is 11.2 Å². The van der Waals surface area contributed by atoms with Crippen molar-refractivity contribution in [2.24, 2.45) is 0 Å². The van der Waals surface area contributed by atoms with Gasteiger partial charge in [0.2, 0.25) is 5.91 Å². The number of benzene rings is 1. The van der Waals surface area contributed by atoms with Gasteiger partial charge >= 0.3 is 0 Å². The topological polar surface area (TPSA) is 98.3 Å². The third-order valence-electron chi connectivity index (χ3n) is 3.21. The predicted molar refractivity (Wildman–Crippen MR) is 76.1 cm³/mol. The van der Waals surface area contributed by atoms with E-state index in [9.17, 15) is 14.9 Å². The number of amides is 1. The molecule has 0 aliphatic carbocycles. The molecule has 1 N–H and O–H groups in total. The number of rotatable bonds is 4. The Morgan fingerprint density at radius 2 is 2.10 bits per heavy atom. The monoisotopic (exact) mass is 289 g/mol. The van der Waals surface area contributed by atoms with Crippen LogP contribution >= 0.6 is 0 Å². The maximum atomic E-state index is 12.0. The Balaban J connectivity index is 2.13. The molecule has 7 nitrogen and oxygen atoms in total. The summed E-state index contributed by atoms with van der Waals surface area (Å²) >= 11 is 0. The molecule has 1 aromatic heterocycles. The SMILES string of the molecule is Cc1ccc(NC(=O)Cc2c(C)noc2C)cc1[N+](=O)[O-]. The van der Waals surface area contributed by atoms with Gasteiger partial charge in [-0.2, -0.15) is 0 Å². The molecule has 0 unspecified atom stereocenters. The molecule has 2 aromatic rings. The summed E-state index contributed by atoms with van der Waals surface area (Å²) < 4.78 is 4.99. The molecule has 0 aliphatic heterocycles. The van der Waals surface area contributed by atoms with Crippen LogP contribution in [0.25, 0.3) is 0 Å². The van der Waals surface area contributed by atoms with Crippen LogP contribution in [0.4, 0.5) is 11.4 Å².